The third kappa shape index (κ3) is 5.48. The molecule has 0 atom stereocenters. The predicted octanol–water partition coefficient (Wildman–Crippen LogP) is 2.26. The molecule has 28 heavy (non-hydrogen) atoms. The van der Waals surface area contributed by atoms with E-state index >= 15 is 0 Å². The molecule has 0 aliphatic rings. The van der Waals surface area contributed by atoms with Gasteiger partial charge in [-0.3, -0.25) is 9.48 Å². The fourth-order valence-electron chi connectivity index (χ4n) is 2.92. The number of aryl methyl sites for hydroxylation is 2. The highest BCUT2D eigenvalue weighted by atomic mass is 16.5. The quantitative estimate of drug-likeness (QED) is 0.604. The molecule has 152 valence electrons. The molecule has 2 aromatic rings. The van der Waals surface area contributed by atoms with Crippen LogP contribution in [0.15, 0.2) is 18.2 Å². The Kier molecular flexibility index (Phi) is 7.43. The van der Waals surface area contributed by atoms with Gasteiger partial charge in [-0.05, 0) is 57.4 Å². The summed E-state index contributed by atoms with van der Waals surface area (Å²) in [6.07, 6.45) is 1.65. The number of aromatic nitrogens is 2. The highest BCUT2D eigenvalue weighted by molar-refractivity contribution is 5.94. The Morgan fingerprint density at radius 1 is 1.21 bits per heavy atom. The van der Waals surface area contributed by atoms with Crippen LogP contribution in [-0.4, -0.2) is 46.5 Å². The first-order chi connectivity index (χ1) is 13.3. The van der Waals surface area contributed by atoms with Crippen LogP contribution < -0.4 is 14.8 Å². The summed E-state index contributed by atoms with van der Waals surface area (Å²) in [4.78, 5) is 23.1. The zero-order valence-corrected chi connectivity index (χ0v) is 16.7. The van der Waals surface area contributed by atoms with Gasteiger partial charge in [0.05, 0.1) is 12.3 Å². The Morgan fingerprint density at radius 2 is 1.96 bits per heavy atom. The maximum Gasteiger partial charge on any atom is 0.341 e. The molecule has 1 aromatic heterocycles. The lowest BCUT2D eigenvalue weighted by Gasteiger charge is -2.12. The Labute approximate surface area is 164 Å². The number of amides is 1. The van der Waals surface area contributed by atoms with Gasteiger partial charge in [-0.25, -0.2) is 4.79 Å². The van der Waals surface area contributed by atoms with Crippen molar-refractivity contribution in [3.8, 4) is 11.5 Å². The van der Waals surface area contributed by atoms with E-state index in [9.17, 15) is 9.59 Å². The number of carboxylic acid groups (broad SMARTS) is 1. The zero-order valence-electron chi connectivity index (χ0n) is 16.7. The van der Waals surface area contributed by atoms with Gasteiger partial charge in [-0.15, -0.1) is 0 Å². The molecule has 8 heteroatoms. The normalized spacial score (nSPS) is 10.6. The zero-order chi connectivity index (χ0) is 20.7. The van der Waals surface area contributed by atoms with Gasteiger partial charge in [-0.2, -0.15) is 5.10 Å². The molecular formula is C20H27N3O5. The number of nitrogens with one attached hydrogen (secondary N) is 1. The van der Waals surface area contributed by atoms with Crippen LogP contribution in [0.4, 0.5) is 0 Å². The molecule has 1 aromatic carbocycles. The number of aliphatic carboxylic acids is 1. The van der Waals surface area contributed by atoms with Gasteiger partial charge in [-0.1, -0.05) is 0 Å². The molecule has 0 aliphatic carbocycles. The van der Waals surface area contributed by atoms with Crippen molar-refractivity contribution in [1.82, 2.24) is 15.1 Å². The summed E-state index contributed by atoms with van der Waals surface area (Å²) in [6, 6.07) is 4.70. The predicted molar refractivity (Wildman–Crippen MR) is 104 cm³/mol. The van der Waals surface area contributed by atoms with Gasteiger partial charge in [0, 0.05) is 24.8 Å². The van der Waals surface area contributed by atoms with Crippen LogP contribution in [0.3, 0.4) is 0 Å². The van der Waals surface area contributed by atoms with E-state index in [-0.39, 0.29) is 5.91 Å². The van der Waals surface area contributed by atoms with Crippen LogP contribution >= 0.6 is 0 Å². The lowest BCUT2D eigenvalue weighted by atomic mass is 10.1. The number of hydrogen-bond donors (Lipinski definition) is 2. The maximum atomic E-state index is 12.4. The van der Waals surface area contributed by atoms with Gasteiger partial charge in [0.2, 0.25) is 0 Å². The first-order valence-corrected chi connectivity index (χ1v) is 9.22. The summed E-state index contributed by atoms with van der Waals surface area (Å²) < 4.78 is 12.5. The highest BCUT2D eigenvalue weighted by Gasteiger charge is 2.13. The van der Waals surface area contributed by atoms with Crippen LogP contribution in [0, 0.1) is 13.8 Å². The minimum absolute atomic E-state index is 0.217. The second-order valence-corrected chi connectivity index (χ2v) is 6.41. The summed E-state index contributed by atoms with van der Waals surface area (Å²) in [5.41, 5.74) is 3.81. The number of carbonyl (C=O) groups excluding carboxylic acids is 1. The fourth-order valence-corrected chi connectivity index (χ4v) is 2.92. The van der Waals surface area contributed by atoms with E-state index in [0.29, 0.717) is 30.2 Å². The van der Waals surface area contributed by atoms with Crippen LogP contribution in [-0.2, 0) is 18.3 Å². The van der Waals surface area contributed by atoms with Crippen molar-refractivity contribution in [3.05, 3.63) is 40.7 Å². The molecule has 0 spiro atoms. The molecule has 0 unspecified atom stereocenters. The second kappa shape index (κ2) is 9.77. The van der Waals surface area contributed by atoms with Crippen molar-refractivity contribution in [2.24, 2.45) is 7.05 Å². The number of hydrogen-bond acceptors (Lipinski definition) is 5. The first-order valence-electron chi connectivity index (χ1n) is 9.22. The van der Waals surface area contributed by atoms with E-state index in [4.69, 9.17) is 14.6 Å². The van der Waals surface area contributed by atoms with Crippen LogP contribution in [0.25, 0.3) is 0 Å². The molecule has 8 nitrogen and oxygen atoms in total. The Balaban J connectivity index is 1.93. The van der Waals surface area contributed by atoms with Crippen molar-refractivity contribution in [2.45, 2.75) is 33.6 Å². The Bertz CT molecular complexity index is 845. The molecule has 0 bridgehead atoms. The molecular weight excluding hydrogens is 362 g/mol. The summed E-state index contributed by atoms with van der Waals surface area (Å²) in [6.45, 7) is 6.27. The molecule has 1 heterocycles. The average molecular weight is 389 g/mol. The molecule has 0 aliphatic heterocycles. The average Bonchev–Trinajstić information content (AvgIpc) is 2.89. The number of ether oxygens (including phenoxy) is 2. The minimum Gasteiger partial charge on any atom is -0.490 e. The van der Waals surface area contributed by atoms with Crippen molar-refractivity contribution in [3.63, 3.8) is 0 Å². The standard InChI is InChI=1S/C20H27N3O5/c1-5-27-18-11-15(8-9-17(18)28-12-19(24)25)20(26)21-10-6-7-16-13(2)22-23(4)14(16)3/h8-9,11H,5-7,10,12H2,1-4H3,(H,21,26)(H,24,25). The molecule has 0 fully saturated rings. The largest absolute Gasteiger partial charge is 0.490 e. The third-order valence-electron chi connectivity index (χ3n) is 4.40. The SMILES string of the molecule is CCOc1cc(C(=O)NCCCc2c(C)nn(C)c2C)ccc1OCC(=O)O. The second-order valence-electron chi connectivity index (χ2n) is 6.41. The van der Waals surface area contributed by atoms with E-state index in [1.54, 1.807) is 25.1 Å². The van der Waals surface area contributed by atoms with E-state index in [0.717, 1.165) is 24.2 Å². The van der Waals surface area contributed by atoms with E-state index in [1.165, 1.54) is 5.56 Å². The van der Waals surface area contributed by atoms with Gasteiger partial charge in [0.25, 0.3) is 5.91 Å². The van der Waals surface area contributed by atoms with Crippen molar-refractivity contribution >= 4 is 11.9 Å². The van der Waals surface area contributed by atoms with Crippen molar-refractivity contribution in [2.75, 3.05) is 19.8 Å². The molecule has 0 radical (unpaired) electrons. The third-order valence-corrected chi connectivity index (χ3v) is 4.40. The molecule has 0 saturated heterocycles. The number of nitrogens with zero attached hydrogens (tertiary/aromatic N) is 2. The summed E-state index contributed by atoms with van der Waals surface area (Å²) >= 11 is 0. The van der Waals surface area contributed by atoms with Crippen LogP contribution in [0.5, 0.6) is 11.5 Å². The number of carbonyl (C=O) groups is 2. The highest BCUT2D eigenvalue weighted by Crippen LogP contribution is 2.28. The first kappa shape index (κ1) is 21.3. The Morgan fingerprint density at radius 3 is 2.57 bits per heavy atom. The monoisotopic (exact) mass is 389 g/mol. The fraction of sp³-hybridized carbons (Fsp3) is 0.450. The summed E-state index contributed by atoms with van der Waals surface area (Å²) in [7, 11) is 1.92. The van der Waals surface area contributed by atoms with Crippen molar-refractivity contribution in [1.29, 1.82) is 0 Å². The minimum atomic E-state index is -1.08. The molecule has 0 saturated carbocycles. The van der Waals surface area contributed by atoms with Gasteiger partial charge >= 0.3 is 5.97 Å². The lowest BCUT2D eigenvalue weighted by molar-refractivity contribution is -0.139. The van der Waals surface area contributed by atoms with Crippen LogP contribution in [0.1, 0.15) is 40.7 Å². The number of carboxylic acids is 1. The van der Waals surface area contributed by atoms with E-state index < -0.39 is 12.6 Å². The molecule has 2 N–H and O–H groups in total. The van der Waals surface area contributed by atoms with E-state index in [2.05, 4.69) is 10.4 Å². The van der Waals surface area contributed by atoms with Gasteiger partial charge < -0.3 is 19.9 Å². The topological polar surface area (TPSA) is 103 Å². The number of benzene rings is 1. The molecule has 2 rings (SSSR count). The lowest BCUT2D eigenvalue weighted by Crippen LogP contribution is -2.25. The maximum absolute atomic E-state index is 12.4. The van der Waals surface area contributed by atoms with E-state index in [1.807, 2.05) is 25.6 Å². The van der Waals surface area contributed by atoms with Crippen LogP contribution in [0.2, 0.25) is 0 Å². The summed E-state index contributed by atoms with van der Waals surface area (Å²) in [5, 5.41) is 16.0. The Hall–Kier alpha value is -3.03. The number of rotatable bonds is 10. The molecule has 1 amide bonds. The summed E-state index contributed by atoms with van der Waals surface area (Å²) in [5.74, 6) is -0.657. The van der Waals surface area contributed by atoms with Gasteiger partial charge in [0.15, 0.2) is 18.1 Å². The van der Waals surface area contributed by atoms with Gasteiger partial charge in [0.1, 0.15) is 0 Å². The smallest absolute Gasteiger partial charge is 0.341 e. The van der Waals surface area contributed by atoms with Crippen molar-refractivity contribution < 1.29 is 24.2 Å².